The van der Waals surface area contributed by atoms with Gasteiger partial charge in [0.05, 0.1) is 6.61 Å². The second-order valence-corrected chi connectivity index (χ2v) is 4.81. The van der Waals surface area contributed by atoms with Crippen LogP contribution >= 0.6 is 0 Å². The van der Waals surface area contributed by atoms with Gasteiger partial charge >= 0.3 is 5.97 Å². The number of rotatable bonds is 8. The first-order valence-corrected chi connectivity index (χ1v) is 6.85. The maximum absolute atomic E-state index is 13.7. The van der Waals surface area contributed by atoms with Gasteiger partial charge in [0.15, 0.2) is 18.2 Å². The van der Waals surface area contributed by atoms with Crippen molar-refractivity contribution in [3.8, 4) is 5.75 Å². The molecule has 0 bridgehead atoms. The van der Waals surface area contributed by atoms with E-state index in [-0.39, 0.29) is 18.4 Å². The van der Waals surface area contributed by atoms with E-state index in [4.69, 9.17) is 15.2 Å². The predicted octanol–water partition coefficient (Wildman–Crippen LogP) is 2.44. The Balaban J connectivity index is 2.46. The number of hydrogen-bond donors (Lipinski definition) is 1. The van der Waals surface area contributed by atoms with Gasteiger partial charge in [0.25, 0.3) is 0 Å². The molecule has 0 aliphatic carbocycles. The summed E-state index contributed by atoms with van der Waals surface area (Å²) in [5, 5.41) is 0. The first-order valence-electron chi connectivity index (χ1n) is 6.85. The lowest BCUT2D eigenvalue weighted by atomic mass is 10.1. The molecule has 1 rings (SSSR count). The Kier molecular flexibility index (Phi) is 7.01. The summed E-state index contributed by atoms with van der Waals surface area (Å²) in [6, 6.07) is 4.59. The van der Waals surface area contributed by atoms with Crippen LogP contribution in [0.1, 0.15) is 32.3 Å². The van der Waals surface area contributed by atoms with E-state index in [1.807, 2.05) is 13.8 Å². The quantitative estimate of drug-likeness (QED) is 0.588. The lowest BCUT2D eigenvalue weighted by Gasteiger charge is -2.10. The van der Waals surface area contributed by atoms with Gasteiger partial charge in [-0.15, -0.1) is 0 Å². The van der Waals surface area contributed by atoms with Gasteiger partial charge in [0, 0.05) is 6.04 Å². The minimum Gasteiger partial charge on any atom is -0.479 e. The lowest BCUT2D eigenvalue weighted by Crippen LogP contribution is -2.18. The topological polar surface area (TPSA) is 61.5 Å². The molecule has 2 N–H and O–H groups in total. The SMILES string of the molecule is CCCCOC(=O)COc1ccc(CC(C)N)cc1F. The fourth-order valence-electron chi connectivity index (χ4n) is 1.67. The van der Waals surface area contributed by atoms with Gasteiger partial charge in [-0.3, -0.25) is 0 Å². The number of halogens is 1. The third-order valence-electron chi connectivity index (χ3n) is 2.66. The van der Waals surface area contributed by atoms with Gasteiger partial charge in [-0.1, -0.05) is 19.4 Å². The number of carbonyl (C=O) groups excluding carboxylic acids is 1. The summed E-state index contributed by atoms with van der Waals surface area (Å²) in [6.45, 7) is 3.94. The smallest absolute Gasteiger partial charge is 0.344 e. The highest BCUT2D eigenvalue weighted by Gasteiger charge is 2.09. The van der Waals surface area contributed by atoms with Gasteiger partial charge < -0.3 is 15.2 Å². The number of carbonyl (C=O) groups is 1. The minimum absolute atomic E-state index is 0.0327. The Morgan fingerprint density at radius 3 is 2.80 bits per heavy atom. The summed E-state index contributed by atoms with van der Waals surface area (Å²) in [7, 11) is 0. The van der Waals surface area contributed by atoms with Crippen molar-refractivity contribution in [1.29, 1.82) is 0 Å². The molecule has 112 valence electrons. The molecule has 0 saturated carbocycles. The van der Waals surface area contributed by atoms with Crippen LogP contribution in [0.2, 0.25) is 0 Å². The molecule has 0 aliphatic heterocycles. The van der Waals surface area contributed by atoms with Crippen LogP contribution in [0.3, 0.4) is 0 Å². The van der Waals surface area contributed by atoms with Crippen molar-refractivity contribution in [3.05, 3.63) is 29.6 Å². The highest BCUT2D eigenvalue weighted by Crippen LogP contribution is 2.19. The molecule has 20 heavy (non-hydrogen) atoms. The predicted molar refractivity (Wildman–Crippen MR) is 75.1 cm³/mol. The fraction of sp³-hybridized carbons (Fsp3) is 0.533. The van der Waals surface area contributed by atoms with E-state index in [1.165, 1.54) is 12.1 Å². The average molecular weight is 283 g/mol. The standard InChI is InChI=1S/C15H22FNO3/c1-3-4-7-19-15(18)10-20-14-6-5-12(8-11(2)17)9-13(14)16/h5-6,9,11H,3-4,7-8,10,17H2,1-2H3. The van der Waals surface area contributed by atoms with Crippen LogP contribution in [-0.4, -0.2) is 25.2 Å². The van der Waals surface area contributed by atoms with Crippen molar-refractivity contribution in [2.75, 3.05) is 13.2 Å². The Labute approximate surface area is 119 Å². The third kappa shape index (κ3) is 6.02. The van der Waals surface area contributed by atoms with E-state index in [0.717, 1.165) is 18.4 Å². The van der Waals surface area contributed by atoms with Gasteiger partial charge in [-0.05, 0) is 37.5 Å². The number of esters is 1. The van der Waals surface area contributed by atoms with Crippen LogP contribution in [0.15, 0.2) is 18.2 Å². The van der Waals surface area contributed by atoms with Gasteiger partial charge in [0.1, 0.15) is 0 Å². The summed E-state index contributed by atoms with van der Waals surface area (Å²) in [4.78, 5) is 11.3. The average Bonchev–Trinajstić information content (AvgIpc) is 2.37. The zero-order valence-corrected chi connectivity index (χ0v) is 12.0. The zero-order chi connectivity index (χ0) is 15.0. The van der Waals surface area contributed by atoms with Crippen LogP contribution in [0.4, 0.5) is 4.39 Å². The zero-order valence-electron chi connectivity index (χ0n) is 12.0. The molecule has 0 fully saturated rings. The molecule has 1 aromatic carbocycles. The van der Waals surface area contributed by atoms with Gasteiger partial charge in [-0.2, -0.15) is 0 Å². The van der Waals surface area contributed by atoms with Crippen molar-refractivity contribution >= 4 is 5.97 Å². The van der Waals surface area contributed by atoms with E-state index in [0.29, 0.717) is 13.0 Å². The van der Waals surface area contributed by atoms with E-state index < -0.39 is 11.8 Å². The molecule has 0 heterocycles. The van der Waals surface area contributed by atoms with Crippen molar-refractivity contribution < 1.29 is 18.7 Å². The Morgan fingerprint density at radius 2 is 2.20 bits per heavy atom. The minimum atomic E-state index is -0.496. The molecule has 0 saturated heterocycles. The van der Waals surface area contributed by atoms with E-state index >= 15 is 0 Å². The van der Waals surface area contributed by atoms with Crippen molar-refractivity contribution in [1.82, 2.24) is 0 Å². The number of hydrogen-bond acceptors (Lipinski definition) is 4. The van der Waals surface area contributed by atoms with Crippen molar-refractivity contribution in [2.45, 2.75) is 39.2 Å². The first-order chi connectivity index (χ1) is 9.52. The molecule has 4 nitrogen and oxygen atoms in total. The molecule has 0 aromatic heterocycles. The maximum atomic E-state index is 13.7. The summed E-state index contributed by atoms with van der Waals surface area (Å²) >= 11 is 0. The van der Waals surface area contributed by atoms with Crippen molar-refractivity contribution in [2.24, 2.45) is 5.73 Å². The highest BCUT2D eigenvalue weighted by atomic mass is 19.1. The Hall–Kier alpha value is -1.62. The normalized spacial score (nSPS) is 12.0. The Morgan fingerprint density at radius 1 is 1.45 bits per heavy atom. The van der Waals surface area contributed by atoms with Crippen LogP contribution in [0.5, 0.6) is 5.75 Å². The summed E-state index contributed by atoms with van der Waals surface area (Å²) in [6.07, 6.45) is 2.35. The summed E-state index contributed by atoms with van der Waals surface area (Å²) in [5.41, 5.74) is 6.46. The highest BCUT2D eigenvalue weighted by molar-refractivity contribution is 5.71. The van der Waals surface area contributed by atoms with E-state index in [9.17, 15) is 9.18 Å². The fourth-order valence-corrected chi connectivity index (χ4v) is 1.67. The third-order valence-corrected chi connectivity index (χ3v) is 2.66. The molecule has 0 aliphatic rings. The number of nitrogens with two attached hydrogens (primary N) is 1. The molecule has 0 radical (unpaired) electrons. The number of unbranched alkanes of at least 4 members (excludes halogenated alkanes) is 1. The molecule has 1 unspecified atom stereocenters. The van der Waals surface area contributed by atoms with Crippen LogP contribution in [0, 0.1) is 5.82 Å². The maximum Gasteiger partial charge on any atom is 0.344 e. The number of benzene rings is 1. The number of ether oxygens (including phenoxy) is 2. The van der Waals surface area contributed by atoms with Gasteiger partial charge in [0.2, 0.25) is 0 Å². The first kappa shape index (κ1) is 16.4. The Bertz CT molecular complexity index is 435. The molecular weight excluding hydrogens is 261 g/mol. The second-order valence-electron chi connectivity index (χ2n) is 4.81. The summed E-state index contributed by atoms with van der Waals surface area (Å²) in [5.74, 6) is -0.937. The van der Waals surface area contributed by atoms with E-state index in [2.05, 4.69) is 0 Å². The lowest BCUT2D eigenvalue weighted by molar-refractivity contribution is -0.146. The van der Waals surface area contributed by atoms with Crippen LogP contribution in [-0.2, 0) is 16.0 Å². The van der Waals surface area contributed by atoms with Crippen LogP contribution in [0.25, 0.3) is 0 Å². The van der Waals surface area contributed by atoms with Crippen molar-refractivity contribution in [3.63, 3.8) is 0 Å². The summed E-state index contributed by atoms with van der Waals surface area (Å²) < 4.78 is 23.8. The largest absolute Gasteiger partial charge is 0.479 e. The molecular formula is C15H22FNO3. The molecule has 1 atom stereocenters. The molecule has 0 spiro atoms. The molecule has 0 amide bonds. The molecule has 1 aromatic rings. The van der Waals surface area contributed by atoms with Gasteiger partial charge in [-0.25, -0.2) is 9.18 Å². The molecule has 5 heteroatoms. The second kappa shape index (κ2) is 8.53. The van der Waals surface area contributed by atoms with Crippen LogP contribution < -0.4 is 10.5 Å². The van der Waals surface area contributed by atoms with E-state index in [1.54, 1.807) is 6.07 Å². The monoisotopic (exact) mass is 283 g/mol.